The Bertz CT molecular complexity index is 891. The van der Waals surface area contributed by atoms with Crippen molar-refractivity contribution in [3.05, 3.63) is 17.5 Å². The molecule has 1 aromatic heterocycles. The van der Waals surface area contributed by atoms with Crippen molar-refractivity contribution < 1.29 is 42.0 Å². The maximum absolute atomic E-state index is 12.8. The lowest BCUT2D eigenvalue weighted by Gasteiger charge is -2.39. The second kappa shape index (κ2) is 10.1. The van der Waals surface area contributed by atoms with Crippen molar-refractivity contribution in [3.8, 4) is 0 Å². The molecule has 1 fully saturated rings. The van der Waals surface area contributed by atoms with Gasteiger partial charge < -0.3 is 14.8 Å². The van der Waals surface area contributed by atoms with Crippen LogP contribution in [-0.2, 0) is 42.6 Å². The summed E-state index contributed by atoms with van der Waals surface area (Å²) in [5, 5.41) is 9.17. The van der Waals surface area contributed by atoms with Gasteiger partial charge in [0.2, 0.25) is 12.7 Å². The summed E-state index contributed by atoms with van der Waals surface area (Å²) in [5.41, 5.74) is -0.325. The molecule has 0 saturated carbocycles. The summed E-state index contributed by atoms with van der Waals surface area (Å²) in [6.07, 6.45) is -1.21. The smallest absolute Gasteiger partial charge is 0.469 e. The Balaban J connectivity index is 1.91. The summed E-state index contributed by atoms with van der Waals surface area (Å²) in [5.74, 6) is -1.84. The zero-order chi connectivity index (χ0) is 24.2. The van der Waals surface area contributed by atoms with Gasteiger partial charge in [-0.15, -0.1) is 0 Å². The molecule has 1 aliphatic rings. The molecule has 32 heavy (non-hydrogen) atoms. The molecule has 0 radical (unpaired) electrons. The van der Waals surface area contributed by atoms with E-state index < -0.39 is 44.0 Å². The van der Waals surface area contributed by atoms with E-state index in [0.717, 1.165) is 0 Å². The summed E-state index contributed by atoms with van der Waals surface area (Å²) in [4.78, 5) is 35.9. The van der Waals surface area contributed by atoms with Crippen LogP contribution < -0.4 is 5.32 Å². The lowest BCUT2D eigenvalue weighted by Crippen LogP contribution is -2.50. The van der Waals surface area contributed by atoms with Gasteiger partial charge in [-0.25, -0.2) is 13.9 Å². The van der Waals surface area contributed by atoms with E-state index in [-0.39, 0.29) is 30.7 Å². The summed E-state index contributed by atoms with van der Waals surface area (Å²) in [7, 11) is -2.94. The van der Waals surface area contributed by atoms with Crippen molar-refractivity contribution in [2.45, 2.75) is 52.6 Å². The average molecular weight is 475 g/mol. The number of ether oxygens (including phenoxy) is 2. The molecule has 2 atom stereocenters. The van der Waals surface area contributed by atoms with Crippen molar-refractivity contribution in [1.29, 1.82) is 0 Å². The molecule has 0 aliphatic carbocycles. The van der Waals surface area contributed by atoms with Crippen LogP contribution in [0.5, 0.6) is 0 Å². The van der Waals surface area contributed by atoms with E-state index in [1.807, 2.05) is 20.8 Å². The van der Waals surface area contributed by atoms with Gasteiger partial charge in [0.25, 0.3) is 0 Å². The van der Waals surface area contributed by atoms with Crippen LogP contribution in [0.3, 0.4) is 0 Å². The third-order valence-electron chi connectivity index (χ3n) is 4.60. The van der Waals surface area contributed by atoms with Gasteiger partial charge >= 0.3 is 19.8 Å². The predicted molar refractivity (Wildman–Crippen MR) is 111 cm³/mol. The molecule has 13 heteroatoms. The van der Waals surface area contributed by atoms with E-state index in [0.29, 0.717) is 5.69 Å². The van der Waals surface area contributed by atoms with Gasteiger partial charge in [0, 0.05) is 17.4 Å². The summed E-state index contributed by atoms with van der Waals surface area (Å²) in [6.45, 7) is 8.38. The number of H-pyrrole nitrogens is 1. The number of nitrogens with one attached hydrogen (secondary N) is 2. The highest BCUT2D eigenvalue weighted by Gasteiger charge is 2.49. The quantitative estimate of drug-likeness (QED) is 0.324. The first-order valence-corrected chi connectivity index (χ1v) is 11.4. The van der Waals surface area contributed by atoms with Crippen LogP contribution in [0, 0.1) is 5.41 Å². The number of nitrogens with zero attached hydrogens (tertiary/aromatic N) is 1. The maximum atomic E-state index is 12.8. The predicted octanol–water partition coefficient (Wildman–Crippen LogP) is 2.07. The molecule has 1 aromatic rings. The fourth-order valence-electron chi connectivity index (χ4n) is 2.61. The highest BCUT2D eigenvalue weighted by molar-refractivity contribution is 7.48. The van der Waals surface area contributed by atoms with E-state index in [1.165, 1.54) is 7.11 Å². The number of carbonyl (C=O) groups excluding carboxylic acids is 3. The van der Waals surface area contributed by atoms with Gasteiger partial charge in [-0.2, -0.15) is 5.10 Å². The van der Waals surface area contributed by atoms with E-state index in [1.54, 1.807) is 19.9 Å². The molecule has 2 rings (SSSR count). The highest BCUT2D eigenvalue weighted by Crippen LogP contribution is 2.57. The Morgan fingerprint density at radius 1 is 1.34 bits per heavy atom. The van der Waals surface area contributed by atoms with Crippen LogP contribution >= 0.6 is 7.82 Å². The molecule has 2 N–H and O–H groups in total. The first-order chi connectivity index (χ1) is 14.8. The van der Waals surface area contributed by atoms with Crippen LogP contribution in [0.2, 0.25) is 0 Å². The minimum Gasteiger partial charge on any atom is -0.469 e. The number of amides is 1. The van der Waals surface area contributed by atoms with Gasteiger partial charge in [0.1, 0.15) is 5.69 Å². The van der Waals surface area contributed by atoms with Crippen LogP contribution in [-0.4, -0.2) is 61.2 Å². The fourth-order valence-corrected chi connectivity index (χ4v) is 4.12. The summed E-state index contributed by atoms with van der Waals surface area (Å²) >= 11 is 0. The van der Waals surface area contributed by atoms with E-state index in [4.69, 9.17) is 18.3 Å². The topological polar surface area (TPSA) is 155 Å². The van der Waals surface area contributed by atoms with Crippen molar-refractivity contribution in [2.24, 2.45) is 5.41 Å². The number of methoxy groups -OCH3 is 1. The van der Waals surface area contributed by atoms with Crippen molar-refractivity contribution in [1.82, 2.24) is 15.5 Å². The molecule has 180 valence electrons. The number of phosphoric ester groups is 1. The monoisotopic (exact) mass is 475 g/mol. The number of aromatic nitrogens is 2. The molecule has 12 nitrogen and oxygen atoms in total. The van der Waals surface area contributed by atoms with E-state index in [2.05, 4.69) is 20.3 Å². The highest BCUT2D eigenvalue weighted by atomic mass is 31.2. The Hall–Kier alpha value is -2.27. The molecule has 1 unspecified atom stereocenters. The normalized spacial score (nSPS) is 22.8. The Labute approximate surface area is 186 Å². The lowest BCUT2D eigenvalue weighted by molar-refractivity contribution is -0.144. The summed E-state index contributed by atoms with van der Waals surface area (Å²) in [6, 6.07) is 1.55. The minimum atomic E-state index is -4.19. The van der Waals surface area contributed by atoms with Crippen LogP contribution in [0.25, 0.3) is 0 Å². The van der Waals surface area contributed by atoms with E-state index >= 15 is 0 Å². The molecule has 2 heterocycles. The molecular weight excluding hydrogens is 445 g/mol. The largest absolute Gasteiger partial charge is 0.478 e. The number of aromatic amines is 1. The molecule has 1 saturated heterocycles. The Morgan fingerprint density at radius 2 is 2.03 bits per heavy atom. The first kappa shape index (κ1) is 26.0. The summed E-state index contributed by atoms with van der Waals surface area (Å²) < 4.78 is 37.8. The molecule has 0 spiro atoms. The fraction of sp³-hybridized carbons (Fsp3) is 0.684. The molecule has 0 aromatic carbocycles. The van der Waals surface area contributed by atoms with Gasteiger partial charge in [-0.05, 0) is 6.07 Å². The van der Waals surface area contributed by atoms with Crippen molar-refractivity contribution in [3.63, 3.8) is 0 Å². The third kappa shape index (κ3) is 6.86. The first-order valence-electron chi connectivity index (χ1n) is 9.92. The number of phosphoric acid groups is 1. The number of hydrogen-bond acceptors (Lipinski definition) is 10. The zero-order valence-electron chi connectivity index (χ0n) is 19.1. The number of carbonyl (C=O) groups is 3. The van der Waals surface area contributed by atoms with Crippen molar-refractivity contribution >= 4 is 25.7 Å². The Morgan fingerprint density at radius 3 is 2.62 bits per heavy atom. The van der Waals surface area contributed by atoms with E-state index in [9.17, 15) is 18.9 Å². The molecule has 0 bridgehead atoms. The number of esters is 2. The number of rotatable bonds is 8. The Kier molecular flexibility index (Phi) is 8.22. The second-order valence-corrected chi connectivity index (χ2v) is 10.5. The van der Waals surface area contributed by atoms with Gasteiger partial charge in [-0.1, -0.05) is 34.6 Å². The molecule has 1 amide bonds. The average Bonchev–Trinajstić information content (AvgIpc) is 3.21. The van der Waals surface area contributed by atoms with Gasteiger partial charge in [0.05, 0.1) is 25.8 Å². The van der Waals surface area contributed by atoms with Crippen LogP contribution in [0.1, 0.15) is 57.2 Å². The SMILES string of the molecule is COC(=O)CCNC(=O)[C@@H]1OP(=O)(OCOC(=O)c2cc(C(C)(C)C)n[nH]2)OCC1(C)C. The van der Waals surface area contributed by atoms with Crippen LogP contribution in [0.15, 0.2) is 6.07 Å². The maximum Gasteiger partial charge on any atom is 0.478 e. The third-order valence-corrected chi connectivity index (χ3v) is 5.94. The van der Waals surface area contributed by atoms with Gasteiger partial charge in [-0.3, -0.25) is 23.7 Å². The standard InChI is InChI=1S/C19H30N3O9P/c1-18(2,3)13-9-12(21-22-13)17(25)28-11-30-32(26)29-10-19(4,5)15(31-32)16(24)20-8-7-14(23)27-6/h9,15H,7-8,10-11H2,1-6H3,(H,20,24)(H,21,22)/t15-,32?/m0/s1. The van der Waals surface area contributed by atoms with Gasteiger partial charge in [0.15, 0.2) is 6.10 Å². The van der Waals surface area contributed by atoms with Crippen LogP contribution in [0.4, 0.5) is 0 Å². The lowest BCUT2D eigenvalue weighted by atomic mass is 9.87. The molecular formula is C19H30N3O9P. The zero-order valence-corrected chi connectivity index (χ0v) is 19.9. The van der Waals surface area contributed by atoms with Crippen molar-refractivity contribution in [2.75, 3.05) is 27.1 Å². The second-order valence-electron chi connectivity index (χ2n) is 8.91. The minimum absolute atomic E-state index is 0.0197. The molecule has 1 aliphatic heterocycles. The number of hydrogen-bond donors (Lipinski definition) is 2.